The average Bonchev–Trinajstić information content (AvgIpc) is 3.10. The van der Waals surface area contributed by atoms with Crippen molar-refractivity contribution in [2.24, 2.45) is 0 Å². The minimum Gasteiger partial charge on any atom is -0.493 e. The van der Waals surface area contributed by atoms with Crippen molar-refractivity contribution in [2.75, 3.05) is 33.3 Å². The molecule has 0 radical (unpaired) electrons. The van der Waals surface area contributed by atoms with Gasteiger partial charge in [-0.1, -0.05) is 5.16 Å². The minimum atomic E-state index is -0.820. The van der Waals surface area contributed by atoms with Crippen molar-refractivity contribution in [3.8, 4) is 17.2 Å². The zero-order chi connectivity index (χ0) is 23.0. The van der Waals surface area contributed by atoms with E-state index in [0.29, 0.717) is 46.4 Å². The number of rotatable bonds is 11. The van der Waals surface area contributed by atoms with Crippen LogP contribution in [0.15, 0.2) is 16.7 Å². The number of methoxy groups -OCH3 is 3. The number of aromatic nitrogens is 1. The Hall–Kier alpha value is -2.88. The van der Waals surface area contributed by atoms with Crippen LogP contribution < -0.4 is 19.5 Å². The molecular formula is C21H28N2O7S. The fraction of sp³-hybridized carbons (Fsp3) is 0.476. The maximum atomic E-state index is 12.9. The maximum absolute atomic E-state index is 12.9. The molecule has 0 bridgehead atoms. The van der Waals surface area contributed by atoms with Crippen LogP contribution in [0.4, 0.5) is 0 Å². The number of nitrogens with one attached hydrogen (secondary N) is 1. The Morgan fingerprint density at radius 2 is 1.77 bits per heavy atom. The van der Waals surface area contributed by atoms with Crippen LogP contribution in [0.3, 0.4) is 0 Å². The first-order chi connectivity index (χ1) is 14.9. The van der Waals surface area contributed by atoms with Gasteiger partial charge in [0.2, 0.25) is 5.75 Å². The number of nitrogens with zero attached hydrogens (tertiary/aromatic N) is 1. The molecule has 1 N–H and O–H groups in total. The molecule has 0 aliphatic carbocycles. The molecule has 0 saturated carbocycles. The summed E-state index contributed by atoms with van der Waals surface area (Å²) in [4.78, 5) is 25.6. The molecule has 2 rings (SSSR count). The number of esters is 1. The van der Waals surface area contributed by atoms with Crippen LogP contribution in [0.5, 0.6) is 17.2 Å². The molecule has 0 fully saturated rings. The lowest BCUT2D eigenvalue weighted by Crippen LogP contribution is -2.42. The van der Waals surface area contributed by atoms with Gasteiger partial charge in [-0.2, -0.15) is 11.8 Å². The molecule has 1 aromatic heterocycles. The van der Waals surface area contributed by atoms with Gasteiger partial charge >= 0.3 is 5.97 Å². The van der Waals surface area contributed by atoms with Gasteiger partial charge in [-0.25, -0.2) is 4.79 Å². The number of amides is 1. The minimum absolute atomic E-state index is 0.0236. The highest BCUT2D eigenvalue weighted by Gasteiger charge is 2.25. The fourth-order valence-corrected chi connectivity index (χ4v) is 3.36. The topological polar surface area (TPSA) is 109 Å². The summed E-state index contributed by atoms with van der Waals surface area (Å²) >= 11 is 1.57. The largest absolute Gasteiger partial charge is 0.493 e. The van der Waals surface area contributed by atoms with E-state index in [-0.39, 0.29) is 12.2 Å². The van der Waals surface area contributed by atoms with Gasteiger partial charge < -0.3 is 28.8 Å². The highest BCUT2D eigenvalue weighted by atomic mass is 32.2. The Balaban J connectivity index is 2.17. The second kappa shape index (κ2) is 11.5. The summed E-state index contributed by atoms with van der Waals surface area (Å²) in [5, 5.41) is 6.60. The van der Waals surface area contributed by atoms with Crippen LogP contribution in [-0.4, -0.2) is 56.4 Å². The van der Waals surface area contributed by atoms with Crippen molar-refractivity contribution < 1.29 is 33.1 Å². The summed E-state index contributed by atoms with van der Waals surface area (Å²) < 4.78 is 26.4. The molecule has 1 heterocycles. The van der Waals surface area contributed by atoms with Gasteiger partial charge in [0.25, 0.3) is 5.91 Å². The van der Waals surface area contributed by atoms with Gasteiger partial charge in [-0.05, 0) is 44.4 Å². The fourth-order valence-electron chi connectivity index (χ4n) is 2.89. The van der Waals surface area contributed by atoms with E-state index < -0.39 is 17.9 Å². The molecule has 1 unspecified atom stereocenters. The Morgan fingerprint density at radius 1 is 1.13 bits per heavy atom. The van der Waals surface area contributed by atoms with E-state index in [2.05, 4.69) is 10.5 Å². The molecule has 0 saturated heterocycles. The van der Waals surface area contributed by atoms with Crippen LogP contribution in [0.25, 0.3) is 0 Å². The van der Waals surface area contributed by atoms with Crippen LogP contribution in [0, 0.1) is 13.8 Å². The number of carbonyl (C=O) groups excluding carboxylic acids is 2. The van der Waals surface area contributed by atoms with E-state index >= 15 is 0 Å². The Kier molecular flexibility index (Phi) is 9.04. The number of hydrogen-bond donors (Lipinski definition) is 1. The molecule has 0 aliphatic rings. The molecule has 1 atom stereocenters. The molecule has 0 aliphatic heterocycles. The van der Waals surface area contributed by atoms with E-state index in [1.807, 2.05) is 6.26 Å². The van der Waals surface area contributed by atoms with E-state index in [1.165, 1.54) is 33.5 Å². The Morgan fingerprint density at radius 3 is 2.26 bits per heavy atom. The standard InChI is InChI=1S/C21H28N2O7S/c1-12-15(13(2)30-23-12)11-29-21(25)16(7-8-31-6)22-20(24)14-9-17(26-3)19(28-5)18(10-14)27-4/h9-10,16H,7-8,11H2,1-6H3,(H,22,24). The maximum Gasteiger partial charge on any atom is 0.329 e. The van der Waals surface area contributed by atoms with Crippen molar-refractivity contribution in [1.29, 1.82) is 0 Å². The lowest BCUT2D eigenvalue weighted by atomic mass is 10.1. The van der Waals surface area contributed by atoms with E-state index in [0.717, 1.165) is 0 Å². The number of aryl methyl sites for hydroxylation is 2. The van der Waals surface area contributed by atoms with Crippen molar-refractivity contribution in [3.05, 3.63) is 34.7 Å². The lowest BCUT2D eigenvalue weighted by molar-refractivity contribution is -0.147. The summed E-state index contributed by atoms with van der Waals surface area (Å²) in [6, 6.07) is 2.23. The molecule has 31 heavy (non-hydrogen) atoms. The summed E-state index contributed by atoms with van der Waals surface area (Å²) in [7, 11) is 4.41. The van der Waals surface area contributed by atoms with E-state index in [9.17, 15) is 9.59 Å². The highest BCUT2D eigenvalue weighted by Crippen LogP contribution is 2.38. The third-order valence-corrected chi connectivity index (χ3v) is 5.31. The molecule has 0 spiro atoms. The third-order valence-electron chi connectivity index (χ3n) is 4.67. The summed E-state index contributed by atoms with van der Waals surface area (Å²) in [5.74, 6) is 1.32. The van der Waals surface area contributed by atoms with Gasteiger partial charge in [0.1, 0.15) is 18.4 Å². The predicted molar refractivity (Wildman–Crippen MR) is 116 cm³/mol. The third kappa shape index (κ3) is 6.06. The van der Waals surface area contributed by atoms with Crippen molar-refractivity contribution >= 4 is 23.6 Å². The monoisotopic (exact) mass is 452 g/mol. The molecule has 1 amide bonds. The average molecular weight is 453 g/mol. The Labute approximate surface area is 185 Å². The SMILES string of the molecule is COc1cc(C(=O)NC(CCSC)C(=O)OCc2c(C)noc2C)cc(OC)c1OC. The van der Waals surface area contributed by atoms with Gasteiger partial charge in [0, 0.05) is 5.56 Å². The first kappa shape index (κ1) is 24.4. The molecule has 10 heteroatoms. The predicted octanol–water partition coefficient (Wildman–Crippen LogP) is 2.91. The number of ether oxygens (including phenoxy) is 4. The summed E-state index contributed by atoms with van der Waals surface area (Å²) in [6.07, 6.45) is 2.34. The van der Waals surface area contributed by atoms with Crippen molar-refractivity contribution in [3.63, 3.8) is 0 Å². The zero-order valence-corrected chi connectivity index (χ0v) is 19.4. The molecular weight excluding hydrogens is 424 g/mol. The first-order valence-electron chi connectivity index (χ1n) is 9.54. The number of hydrogen-bond acceptors (Lipinski definition) is 9. The number of benzene rings is 1. The van der Waals surface area contributed by atoms with E-state index in [4.69, 9.17) is 23.5 Å². The van der Waals surface area contributed by atoms with Crippen LogP contribution in [-0.2, 0) is 16.1 Å². The molecule has 9 nitrogen and oxygen atoms in total. The number of carbonyl (C=O) groups is 2. The number of thioether (sulfide) groups is 1. The Bertz CT molecular complexity index is 869. The van der Waals surface area contributed by atoms with E-state index in [1.54, 1.807) is 25.6 Å². The van der Waals surface area contributed by atoms with Gasteiger partial charge in [0.05, 0.1) is 32.6 Å². The summed E-state index contributed by atoms with van der Waals surface area (Å²) in [6.45, 7) is 3.55. The molecule has 1 aromatic carbocycles. The van der Waals surface area contributed by atoms with Crippen molar-refractivity contribution in [2.45, 2.75) is 32.9 Å². The first-order valence-corrected chi connectivity index (χ1v) is 10.9. The van der Waals surface area contributed by atoms with Crippen LogP contribution in [0.1, 0.15) is 33.8 Å². The smallest absolute Gasteiger partial charge is 0.329 e. The zero-order valence-electron chi connectivity index (χ0n) is 18.6. The molecule has 2 aromatic rings. The van der Waals surface area contributed by atoms with Gasteiger partial charge in [-0.3, -0.25) is 4.79 Å². The van der Waals surface area contributed by atoms with Crippen LogP contribution >= 0.6 is 11.8 Å². The normalized spacial score (nSPS) is 11.5. The molecule has 170 valence electrons. The lowest BCUT2D eigenvalue weighted by Gasteiger charge is -2.19. The van der Waals surface area contributed by atoms with Gasteiger partial charge in [0.15, 0.2) is 11.5 Å². The highest BCUT2D eigenvalue weighted by molar-refractivity contribution is 7.98. The van der Waals surface area contributed by atoms with Crippen LogP contribution in [0.2, 0.25) is 0 Å². The summed E-state index contributed by atoms with van der Waals surface area (Å²) in [5.41, 5.74) is 1.64. The second-order valence-corrected chi connectivity index (χ2v) is 7.62. The second-order valence-electron chi connectivity index (χ2n) is 6.63. The van der Waals surface area contributed by atoms with Crippen molar-refractivity contribution in [1.82, 2.24) is 10.5 Å². The quantitative estimate of drug-likeness (QED) is 0.515. The van der Waals surface area contributed by atoms with Gasteiger partial charge in [-0.15, -0.1) is 0 Å².